The molecule has 0 bridgehead atoms. The molecule has 0 amide bonds. The van der Waals surface area contributed by atoms with Crippen molar-refractivity contribution in [2.45, 2.75) is 25.1 Å². The fourth-order valence-corrected chi connectivity index (χ4v) is 2.17. The molecule has 1 aliphatic heterocycles. The van der Waals surface area contributed by atoms with Crippen LogP contribution >= 0.6 is 0 Å². The Kier molecular flexibility index (Phi) is 4.32. The number of halogens is 3. The van der Waals surface area contributed by atoms with Crippen LogP contribution in [0.4, 0.5) is 24.9 Å². The second-order valence-corrected chi connectivity index (χ2v) is 4.60. The van der Waals surface area contributed by atoms with E-state index >= 15 is 0 Å². The highest BCUT2D eigenvalue weighted by Crippen LogP contribution is 2.31. The number of rotatable bonds is 3. The minimum absolute atomic E-state index is 0.0244. The van der Waals surface area contributed by atoms with Crippen molar-refractivity contribution in [2.24, 2.45) is 0 Å². The minimum Gasteiger partial charge on any atom is -0.381 e. The SMILES string of the molecule is CNc1nc(N2CCC(OC)CC2)cc(C(F)(F)F)n1. The molecule has 2 heterocycles. The number of ether oxygens (including phenoxy) is 1. The third-order valence-electron chi connectivity index (χ3n) is 3.33. The summed E-state index contributed by atoms with van der Waals surface area (Å²) >= 11 is 0. The predicted octanol–water partition coefficient (Wildman–Crippen LogP) is 2.15. The molecule has 0 saturated carbocycles. The summed E-state index contributed by atoms with van der Waals surface area (Å²) < 4.78 is 43.7. The quantitative estimate of drug-likeness (QED) is 0.924. The zero-order chi connectivity index (χ0) is 14.8. The topological polar surface area (TPSA) is 50.3 Å². The van der Waals surface area contributed by atoms with Crippen LogP contribution in [0, 0.1) is 0 Å². The van der Waals surface area contributed by atoms with E-state index in [0.717, 1.165) is 18.9 Å². The fourth-order valence-electron chi connectivity index (χ4n) is 2.17. The summed E-state index contributed by atoms with van der Waals surface area (Å²) in [6, 6.07) is 0.994. The lowest BCUT2D eigenvalue weighted by Crippen LogP contribution is -2.37. The van der Waals surface area contributed by atoms with Crippen LogP contribution in [-0.4, -0.2) is 43.3 Å². The number of aromatic nitrogens is 2. The molecular weight excluding hydrogens is 273 g/mol. The monoisotopic (exact) mass is 290 g/mol. The molecule has 0 atom stereocenters. The smallest absolute Gasteiger partial charge is 0.381 e. The van der Waals surface area contributed by atoms with Gasteiger partial charge < -0.3 is 15.0 Å². The Morgan fingerprint density at radius 1 is 1.30 bits per heavy atom. The predicted molar refractivity (Wildman–Crippen MR) is 68.8 cm³/mol. The van der Waals surface area contributed by atoms with Crippen molar-refractivity contribution in [3.63, 3.8) is 0 Å². The molecule has 0 spiro atoms. The molecule has 0 aliphatic carbocycles. The number of hydrogen-bond acceptors (Lipinski definition) is 5. The van der Waals surface area contributed by atoms with Crippen LogP contribution in [0.25, 0.3) is 0 Å². The van der Waals surface area contributed by atoms with Gasteiger partial charge in [-0.05, 0) is 12.8 Å². The van der Waals surface area contributed by atoms with Crippen molar-refractivity contribution in [1.82, 2.24) is 9.97 Å². The van der Waals surface area contributed by atoms with Gasteiger partial charge in [-0.1, -0.05) is 0 Å². The lowest BCUT2D eigenvalue weighted by molar-refractivity contribution is -0.141. The van der Waals surface area contributed by atoms with Gasteiger partial charge in [-0.25, -0.2) is 4.98 Å². The van der Waals surface area contributed by atoms with Crippen molar-refractivity contribution in [1.29, 1.82) is 0 Å². The molecule has 1 aromatic rings. The largest absolute Gasteiger partial charge is 0.433 e. The molecule has 1 N–H and O–H groups in total. The first-order valence-electron chi connectivity index (χ1n) is 6.36. The Morgan fingerprint density at radius 3 is 2.45 bits per heavy atom. The van der Waals surface area contributed by atoms with Crippen LogP contribution in [0.15, 0.2) is 6.07 Å². The summed E-state index contributed by atoms with van der Waals surface area (Å²) in [6.07, 6.45) is -2.76. The lowest BCUT2D eigenvalue weighted by Gasteiger charge is -2.32. The standard InChI is InChI=1S/C12H17F3N4O/c1-16-11-17-9(12(13,14)15)7-10(18-11)19-5-3-8(20-2)4-6-19/h7-8H,3-6H2,1-2H3,(H,16,17,18). The second-order valence-electron chi connectivity index (χ2n) is 4.60. The molecule has 112 valence electrons. The number of nitrogens with zero attached hydrogens (tertiary/aromatic N) is 3. The maximum atomic E-state index is 12.8. The molecule has 1 saturated heterocycles. The van der Waals surface area contributed by atoms with E-state index in [1.165, 1.54) is 7.05 Å². The molecule has 0 unspecified atom stereocenters. The zero-order valence-corrected chi connectivity index (χ0v) is 11.4. The van der Waals surface area contributed by atoms with Gasteiger partial charge in [0.05, 0.1) is 6.10 Å². The van der Waals surface area contributed by atoms with Gasteiger partial charge in [0.15, 0.2) is 5.69 Å². The summed E-state index contributed by atoms with van der Waals surface area (Å²) in [7, 11) is 3.14. The summed E-state index contributed by atoms with van der Waals surface area (Å²) in [5.41, 5.74) is -0.930. The Balaban J connectivity index is 2.23. The molecule has 1 aliphatic rings. The number of nitrogens with one attached hydrogen (secondary N) is 1. The van der Waals surface area contributed by atoms with Gasteiger partial charge in [0.2, 0.25) is 5.95 Å². The number of alkyl halides is 3. The third-order valence-corrected chi connectivity index (χ3v) is 3.33. The Labute approximate surface area is 115 Å². The van der Waals surface area contributed by atoms with Gasteiger partial charge in [0.1, 0.15) is 5.82 Å². The molecule has 20 heavy (non-hydrogen) atoms. The van der Waals surface area contributed by atoms with E-state index in [2.05, 4.69) is 15.3 Å². The van der Waals surface area contributed by atoms with Gasteiger partial charge in [-0.15, -0.1) is 0 Å². The average Bonchev–Trinajstić information content (AvgIpc) is 2.46. The number of anilines is 2. The van der Waals surface area contributed by atoms with E-state index in [1.54, 1.807) is 7.11 Å². The van der Waals surface area contributed by atoms with Gasteiger partial charge >= 0.3 is 6.18 Å². The maximum Gasteiger partial charge on any atom is 0.433 e. The Hall–Kier alpha value is -1.57. The first kappa shape index (κ1) is 14.8. The summed E-state index contributed by atoms with van der Waals surface area (Å²) in [5.74, 6) is 0.273. The van der Waals surface area contributed by atoms with Gasteiger partial charge in [-0.2, -0.15) is 18.2 Å². The van der Waals surface area contributed by atoms with E-state index < -0.39 is 11.9 Å². The molecule has 5 nitrogen and oxygen atoms in total. The molecule has 0 radical (unpaired) electrons. The third kappa shape index (κ3) is 3.30. The molecule has 8 heteroatoms. The zero-order valence-electron chi connectivity index (χ0n) is 11.4. The molecule has 0 aromatic carbocycles. The number of methoxy groups -OCH3 is 1. The number of piperidine rings is 1. The first-order chi connectivity index (χ1) is 9.44. The van der Waals surface area contributed by atoms with Crippen LogP contribution < -0.4 is 10.2 Å². The van der Waals surface area contributed by atoms with E-state index in [4.69, 9.17) is 4.74 Å². The van der Waals surface area contributed by atoms with Crippen molar-refractivity contribution in [2.75, 3.05) is 37.5 Å². The highest BCUT2D eigenvalue weighted by molar-refractivity contribution is 5.45. The van der Waals surface area contributed by atoms with E-state index in [0.29, 0.717) is 18.9 Å². The fraction of sp³-hybridized carbons (Fsp3) is 0.667. The Bertz CT molecular complexity index is 459. The summed E-state index contributed by atoms with van der Waals surface area (Å²) in [6.45, 7) is 1.24. The molecule has 1 fully saturated rings. The van der Waals surface area contributed by atoms with Crippen molar-refractivity contribution in [3.8, 4) is 0 Å². The molecule has 1 aromatic heterocycles. The maximum absolute atomic E-state index is 12.8. The van der Waals surface area contributed by atoms with Crippen LogP contribution in [-0.2, 0) is 10.9 Å². The van der Waals surface area contributed by atoms with Crippen molar-refractivity contribution < 1.29 is 17.9 Å². The van der Waals surface area contributed by atoms with Gasteiger partial charge in [0, 0.05) is 33.3 Å². The van der Waals surface area contributed by atoms with E-state index in [1.807, 2.05) is 4.90 Å². The van der Waals surface area contributed by atoms with Gasteiger partial charge in [-0.3, -0.25) is 0 Å². The van der Waals surface area contributed by atoms with Crippen LogP contribution in [0.5, 0.6) is 0 Å². The first-order valence-corrected chi connectivity index (χ1v) is 6.36. The molecule has 2 rings (SSSR count). The van der Waals surface area contributed by atoms with Crippen LogP contribution in [0.1, 0.15) is 18.5 Å². The molecular formula is C12H17F3N4O. The van der Waals surface area contributed by atoms with E-state index in [9.17, 15) is 13.2 Å². The van der Waals surface area contributed by atoms with Gasteiger partial charge in [0.25, 0.3) is 0 Å². The minimum atomic E-state index is -4.48. The summed E-state index contributed by atoms with van der Waals surface area (Å²) in [4.78, 5) is 9.38. The summed E-state index contributed by atoms with van der Waals surface area (Å²) in [5, 5.41) is 2.57. The van der Waals surface area contributed by atoms with Crippen LogP contribution in [0.2, 0.25) is 0 Å². The highest BCUT2D eigenvalue weighted by Gasteiger charge is 2.34. The van der Waals surface area contributed by atoms with Crippen LogP contribution in [0.3, 0.4) is 0 Å². The highest BCUT2D eigenvalue weighted by atomic mass is 19.4. The van der Waals surface area contributed by atoms with Crippen molar-refractivity contribution in [3.05, 3.63) is 11.8 Å². The second kappa shape index (κ2) is 5.82. The van der Waals surface area contributed by atoms with Crippen molar-refractivity contribution >= 4 is 11.8 Å². The normalized spacial score (nSPS) is 17.4. The number of hydrogen-bond donors (Lipinski definition) is 1. The Morgan fingerprint density at radius 2 is 1.95 bits per heavy atom. The van der Waals surface area contributed by atoms with E-state index in [-0.39, 0.29) is 12.1 Å². The average molecular weight is 290 g/mol. The lowest BCUT2D eigenvalue weighted by atomic mass is 10.1.